The average molecular weight is 164 g/mol. The first-order valence-corrected chi connectivity index (χ1v) is 4.00. The molecule has 0 aromatic carbocycles. The highest BCUT2D eigenvalue weighted by Gasteiger charge is 2.38. The molecule has 1 fully saturated rings. The SMILES string of the molecule is CCCN1CCNCC1(F)F. The number of alkyl halides is 2. The van der Waals surface area contributed by atoms with Crippen molar-refractivity contribution in [3.63, 3.8) is 0 Å². The normalized spacial score (nSPS) is 25.4. The number of rotatable bonds is 2. The molecular weight excluding hydrogens is 150 g/mol. The Balaban J connectivity index is 2.45. The first kappa shape index (κ1) is 8.87. The minimum atomic E-state index is -2.63. The third-order valence-corrected chi connectivity index (χ3v) is 1.85. The highest BCUT2D eigenvalue weighted by Crippen LogP contribution is 2.20. The van der Waals surface area contributed by atoms with Gasteiger partial charge in [-0.05, 0) is 6.42 Å². The molecule has 0 atom stereocenters. The topological polar surface area (TPSA) is 15.3 Å². The van der Waals surface area contributed by atoms with Gasteiger partial charge < -0.3 is 5.32 Å². The van der Waals surface area contributed by atoms with Gasteiger partial charge in [-0.2, -0.15) is 8.78 Å². The van der Waals surface area contributed by atoms with Gasteiger partial charge in [0.25, 0.3) is 0 Å². The van der Waals surface area contributed by atoms with Crippen molar-refractivity contribution in [3.8, 4) is 0 Å². The quantitative estimate of drug-likeness (QED) is 0.610. The van der Waals surface area contributed by atoms with Gasteiger partial charge >= 0.3 is 6.05 Å². The fraction of sp³-hybridized carbons (Fsp3) is 1.00. The molecule has 1 heterocycles. The van der Waals surface area contributed by atoms with Crippen LogP contribution in [0.3, 0.4) is 0 Å². The lowest BCUT2D eigenvalue weighted by molar-refractivity contribution is -0.155. The highest BCUT2D eigenvalue weighted by atomic mass is 19.3. The molecule has 0 radical (unpaired) electrons. The fourth-order valence-corrected chi connectivity index (χ4v) is 1.27. The molecule has 1 aliphatic heterocycles. The molecule has 4 heteroatoms. The summed E-state index contributed by atoms with van der Waals surface area (Å²) in [7, 11) is 0. The minimum absolute atomic E-state index is 0.201. The van der Waals surface area contributed by atoms with Crippen molar-refractivity contribution in [1.29, 1.82) is 0 Å². The van der Waals surface area contributed by atoms with Crippen molar-refractivity contribution in [3.05, 3.63) is 0 Å². The second-order valence-electron chi connectivity index (χ2n) is 2.83. The summed E-state index contributed by atoms with van der Waals surface area (Å²) >= 11 is 0. The van der Waals surface area contributed by atoms with Gasteiger partial charge in [0.2, 0.25) is 0 Å². The average Bonchev–Trinajstić information content (AvgIpc) is 1.94. The van der Waals surface area contributed by atoms with Crippen LogP contribution in [0.5, 0.6) is 0 Å². The van der Waals surface area contributed by atoms with Crippen molar-refractivity contribution in [2.45, 2.75) is 19.4 Å². The van der Waals surface area contributed by atoms with E-state index < -0.39 is 6.05 Å². The van der Waals surface area contributed by atoms with E-state index >= 15 is 0 Å². The van der Waals surface area contributed by atoms with Crippen LogP contribution in [-0.4, -0.2) is 37.1 Å². The van der Waals surface area contributed by atoms with Crippen molar-refractivity contribution >= 4 is 0 Å². The maximum absolute atomic E-state index is 12.9. The predicted molar refractivity (Wildman–Crippen MR) is 39.7 cm³/mol. The summed E-state index contributed by atoms with van der Waals surface area (Å²) in [5.41, 5.74) is 0. The summed E-state index contributed by atoms with van der Waals surface area (Å²) in [5.74, 6) is 0. The maximum atomic E-state index is 12.9. The highest BCUT2D eigenvalue weighted by molar-refractivity contribution is 4.77. The number of nitrogens with one attached hydrogen (secondary N) is 1. The van der Waals surface area contributed by atoms with E-state index in [1.54, 1.807) is 0 Å². The van der Waals surface area contributed by atoms with Crippen LogP contribution in [0.25, 0.3) is 0 Å². The van der Waals surface area contributed by atoms with Crippen LogP contribution in [-0.2, 0) is 0 Å². The van der Waals surface area contributed by atoms with E-state index in [2.05, 4.69) is 5.32 Å². The molecule has 1 aliphatic rings. The summed E-state index contributed by atoms with van der Waals surface area (Å²) in [6, 6.07) is -2.63. The smallest absolute Gasteiger partial charge is 0.309 e. The number of halogens is 2. The van der Waals surface area contributed by atoms with Gasteiger partial charge in [0.1, 0.15) is 0 Å². The Bertz CT molecular complexity index is 126. The number of hydrogen-bond donors (Lipinski definition) is 1. The molecule has 0 bridgehead atoms. The van der Waals surface area contributed by atoms with E-state index in [1.807, 2.05) is 6.92 Å². The van der Waals surface area contributed by atoms with Crippen LogP contribution < -0.4 is 5.32 Å². The van der Waals surface area contributed by atoms with Crippen LogP contribution in [0.4, 0.5) is 8.78 Å². The van der Waals surface area contributed by atoms with Crippen molar-refractivity contribution in [2.24, 2.45) is 0 Å². The zero-order chi connectivity index (χ0) is 8.32. The lowest BCUT2D eigenvalue weighted by Gasteiger charge is -2.35. The lowest BCUT2D eigenvalue weighted by atomic mass is 10.3. The zero-order valence-electron chi connectivity index (χ0n) is 6.74. The summed E-state index contributed by atoms with van der Waals surface area (Å²) in [5, 5.41) is 2.67. The number of nitrogens with zero attached hydrogens (tertiary/aromatic N) is 1. The molecule has 1 saturated heterocycles. The molecule has 0 saturated carbocycles. The summed E-state index contributed by atoms with van der Waals surface area (Å²) in [4.78, 5) is 1.24. The molecule has 0 aromatic heterocycles. The fourth-order valence-electron chi connectivity index (χ4n) is 1.27. The van der Waals surface area contributed by atoms with E-state index in [4.69, 9.17) is 0 Å². The Morgan fingerprint density at radius 2 is 2.27 bits per heavy atom. The van der Waals surface area contributed by atoms with E-state index in [0.29, 0.717) is 19.6 Å². The molecule has 1 rings (SSSR count). The zero-order valence-corrected chi connectivity index (χ0v) is 6.74. The Kier molecular flexibility index (Phi) is 2.78. The third kappa shape index (κ3) is 2.10. The van der Waals surface area contributed by atoms with Crippen molar-refractivity contribution < 1.29 is 8.78 Å². The molecule has 11 heavy (non-hydrogen) atoms. The molecule has 0 amide bonds. The van der Waals surface area contributed by atoms with E-state index in [-0.39, 0.29) is 6.54 Å². The Morgan fingerprint density at radius 3 is 2.82 bits per heavy atom. The number of piperazine rings is 1. The van der Waals surface area contributed by atoms with Gasteiger partial charge in [-0.25, -0.2) is 4.90 Å². The largest absolute Gasteiger partial charge is 0.317 e. The second-order valence-corrected chi connectivity index (χ2v) is 2.83. The monoisotopic (exact) mass is 164 g/mol. The van der Waals surface area contributed by atoms with Gasteiger partial charge in [0.05, 0.1) is 6.54 Å². The van der Waals surface area contributed by atoms with Crippen LogP contribution in [0.15, 0.2) is 0 Å². The predicted octanol–water partition coefficient (Wildman–Crippen LogP) is 0.894. The molecule has 0 unspecified atom stereocenters. The van der Waals surface area contributed by atoms with Gasteiger partial charge in [-0.1, -0.05) is 6.92 Å². The number of hydrogen-bond acceptors (Lipinski definition) is 2. The molecular formula is C7H14F2N2. The van der Waals surface area contributed by atoms with Crippen LogP contribution in [0.2, 0.25) is 0 Å². The van der Waals surface area contributed by atoms with Crippen molar-refractivity contribution in [2.75, 3.05) is 26.2 Å². The van der Waals surface area contributed by atoms with Gasteiger partial charge in [0, 0.05) is 19.6 Å². The molecule has 1 N–H and O–H groups in total. The standard InChI is InChI=1S/C7H14F2N2/c1-2-4-11-5-3-10-6-7(11,8)9/h10H,2-6H2,1H3. The Hall–Kier alpha value is -0.220. The van der Waals surface area contributed by atoms with Gasteiger partial charge in [0.15, 0.2) is 0 Å². The second kappa shape index (κ2) is 3.45. The summed E-state index contributed by atoms with van der Waals surface area (Å²) < 4.78 is 25.8. The van der Waals surface area contributed by atoms with E-state index in [0.717, 1.165) is 6.42 Å². The molecule has 0 aromatic rings. The molecule has 66 valence electrons. The van der Waals surface area contributed by atoms with Crippen LogP contribution in [0.1, 0.15) is 13.3 Å². The van der Waals surface area contributed by atoms with Gasteiger partial charge in [-0.15, -0.1) is 0 Å². The van der Waals surface area contributed by atoms with Crippen LogP contribution >= 0.6 is 0 Å². The molecule has 0 spiro atoms. The minimum Gasteiger partial charge on any atom is -0.309 e. The molecule has 2 nitrogen and oxygen atoms in total. The summed E-state index contributed by atoms with van der Waals surface area (Å²) in [6.45, 7) is 3.34. The maximum Gasteiger partial charge on any atom is 0.317 e. The van der Waals surface area contributed by atoms with E-state index in [1.165, 1.54) is 4.90 Å². The molecule has 0 aliphatic carbocycles. The Morgan fingerprint density at radius 1 is 1.55 bits per heavy atom. The van der Waals surface area contributed by atoms with Gasteiger partial charge in [-0.3, -0.25) is 0 Å². The van der Waals surface area contributed by atoms with Crippen molar-refractivity contribution in [1.82, 2.24) is 10.2 Å². The third-order valence-electron chi connectivity index (χ3n) is 1.85. The Labute approximate surface area is 65.6 Å². The van der Waals surface area contributed by atoms with E-state index in [9.17, 15) is 8.78 Å². The first-order valence-electron chi connectivity index (χ1n) is 4.00. The first-order chi connectivity index (χ1) is 5.17. The lowest BCUT2D eigenvalue weighted by Crippen LogP contribution is -2.56. The summed E-state index contributed by atoms with van der Waals surface area (Å²) in [6.07, 6.45) is 0.787. The van der Waals surface area contributed by atoms with Crippen LogP contribution in [0, 0.1) is 0 Å².